The largest absolute Gasteiger partial charge is 0.469 e. The summed E-state index contributed by atoms with van der Waals surface area (Å²) in [6, 6.07) is 6.04. The van der Waals surface area contributed by atoms with Gasteiger partial charge in [-0.15, -0.1) is 11.8 Å². The second-order valence-electron chi connectivity index (χ2n) is 3.06. The number of hydrogen-bond acceptors (Lipinski definition) is 3. The van der Waals surface area contributed by atoms with E-state index in [0.29, 0.717) is 6.42 Å². The molecule has 0 saturated heterocycles. The average molecular weight is 210 g/mol. The number of carbonyl (C=O) groups excluding carboxylic acids is 1. The van der Waals surface area contributed by atoms with Crippen LogP contribution in [0.5, 0.6) is 0 Å². The van der Waals surface area contributed by atoms with Crippen LogP contribution in [0.3, 0.4) is 0 Å². The number of rotatable bonds is 3. The lowest BCUT2D eigenvalue weighted by Gasteiger charge is -2.05. The molecule has 0 aliphatic carbocycles. The van der Waals surface area contributed by atoms with Gasteiger partial charge in [0.1, 0.15) is 0 Å². The van der Waals surface area contributed by atoms with Crippen molar-refractivity contribution in [3.8, 4) is 0 Å². The first kappa shape index (κ1) is 11.1. The molecule has 0 heterocycles. The summed E-state index contributed by atoms with van der Waals surface area (Å²) in [6.45, 7) is 2.05. The molecular weight excluding hydrogens is 196 g/mol. The normalized spacial score (nSPS) is 9.93. The Morgan fingerprint density at radius 1 is 1.50 bits per heavy atom. The summed E-state index contributed by atoms with van der Waals surface area (Å²) in [5.74, 6) is -0.193. The Morgan fingerprint density at radius 2 is 2.21 bits per heavy atom. The van der Waals surface area contributed by atoms with Crippen molar-refractivity contribution in [3.05, 3.63) is 29.3 Å². The Labute approximate surface area is 88.7 Å². The molecular formula is C11H14O2S. The van der Waals surface area contributed by atoms with Crippen molar-refractivity contribution in [2.24, 2.45) is 0 Å². The minimum atomic E-state index is -0.193. The van der Waals surface area contributed by atoms with Gasteiger partial charge in [0.25, 0.3) is 0 Å². The highest BCUT2D eigenvalue weighted by atomic mass is 32.2. The molecule has 1 aromatic rings. The van der Waals surface area contributed by atoms with Crippen molar-refractivity contribution in [2.75, 3.05) is 13.4 Å². The number of hydrogen-bond donors (Lipinski definition) is 0. The van der Waals surface area contributed by atoms with E-state index < -0.39 is 0 Å². The van der Waals surface area contributed by atoms with E-state index in [0.717, 1.165) is 5.56 Å². The smallest absolute Gasteiger partial charge is 0.309 e. The molecule has 14 heavy (non-hydrogen) atoms. The van der Waals surface area contributed by atoms with Crippen molar-refractivity contribution in [1.82, 2.24) is 0 Å². The lowest BCUT2D eigenvalue weighted by atomic mass is 10.1. The third-order valence-corrected chi connectivity index (χ3v) is 2.93. The molecule has 0 unspecified atom stereocenters. The van der Waals surface area contributed by atoms with Gasteiger partial charge in [-0.3, -0.25) is 4.79 Å². The topological polar surface area (TPSA) is 26.3 Å². The minimum Gasteiger partial charge on any atom is -0.469 e. The van der Waals surface area contributed by atoms with E-state index in [1.165, 1.54) is 17.6 Å². The predicted octanol–water partition coefficient (Wildman–Crippen LogP) is 2.43. The van der Waals surface area contributed by atoms with Crippen LogP contribution < -0.4 is 0 Å². The molecule has 1 rings (SSSR count). The molecule has 0 saturated carbocycles. The Bertz CT molecular complexity index is 334. The number of ether oxygens (including phenoxy) is 1. The zero-order valence-corrected chi connectivity index (χ0v) is 9.48. The van der Waals surface area contributed by atoms with Crippen molar-refractivity contribution >= 4 is 17.7 Å². The van der Waals surface area contributed by atoms with Crippen molar-refractivity contribution in [2.45, 2.75) is 18.2 Å². The first-order valence-corrected chi connectivity index (χ1v) is 5.60. The van der Waals surface area contributed by atoms with Crippen LogP contribution in [0, 0.1) is 6.92 Å². The fraction of sp³-hybridized carbons (Fsp3) is 0.364. The maximum Gasteiger partial charge on any atom is 0.309 e. The maximum absolute atomic E-state index is 11.0. The fourth-order valence-electron chi connectivity index (χ4n) is 1.29. The second kappa shape index (κ2) is 5.05. The van der Waals surface area contributed by atoms with Crippen LogP contribution in [0.25, 0.3) is 0 Å². The summed E-state index contributed by atoms with van der Waals surface area (Å²) in [4.78, 5) is 12.3. The maximum atomic E-state index is 11.0. The highest BCUT2D eigenvalue weighted by Crippen LogP contribution is 2.20. The Hall–Kier alpha value is -0.960. The molecule has 3 heteroatoms. The summed E-state index contributed by atoms with van der Waals surface area (Å²) < 4.78 is 4.61. The molecule has 0 aliphatic heterocycles. The molecule has 1 aromatic carbocycles. The fourth-order valence-corrected chi connectivity index (χ4v) is 1.87. The number of methoxy groups -OCH3 is 1. The monoisotopic (exact) mass is 210 g/mol. The van der Waals surface area contributed by atoms with Gasteiger partial charge in [-0.05, 0) is 30.4 Å². The molecule has 0 aromatic heterocycles. The third kappa shape index (κ3) is 2.77. The predicted molar refractivity (Wildman–Crippen MR) is 58.7 cm³/mol. The zero-order chi connectivity index (χ0) is 10.6. The van der Waals surface area contributed by atoms with E-state index in [-0.39, 0.29) is 5.97 Å². The molecule has 0 atom stereocenters. The summed E-state index contributed by atoms with van der Waals surface area (Å²) >= 11 is 1.71. The molecule has 0 radical (unpaired) electrons. The first-order chi connectivity index (χ1) is 6.67. The molecule has 0 spiro atoms. The molecule has 0 aliphatic rings. The van der Waals surface area contributed by atoms with Crippen molar-refractivity contribution in [1.29, 1.82) is 0 Å². The van der Waals surface area contributed by atoms with E-state index >= 15 is 0 Å². The molecule has 76 valence electrons. The Kier molecular flexibility index (Phi) is 4.01. The van der Waals surface area contributed by atoms with Gasteiger partial charge in [0.15, 0.2) is 0 Å². The van der Waals surface area contributed by atoms with Crippen LogP contribution in [-0.4, -0.2) is 19.3 Å². The Balaban J connectivity index is 2.81. The molecule has 0 N–H and O–H groups in total. The lowest BCUT2D eigenvalue weighted by molar-refractivity contribution is -0.139. The van der Waals surface area contributed by atoms with Gasteiger partial charge in [0.2, 0.25) is 0 Å². The van der Waals surface area contributed by atoms with E-state index in [4.69, 9.17) is 0 Å². The quantitative estimate of drug-likeness (QED) is 0.566. The SMILES string of the molecule is COC(=O)Cc1ccc(SC)c(C)c1. The number of carbonyl (C=O) groups is 1. The molecule has 0 bridgehead atoms. The second-order valence-corrected chi connectivity index (χ2v) is 3.90. The summed E-state index contributed by atoms with van der Waals surface area (Å²) in [5.41, 5.74) is 2.21. The van der Waals surface area contributed by atoms with E-state index in [9.17, 15) is 4.79 Å². The number of benzene rings is 1. The van der Waals surface area contributed by atoms with Gasteiger partial charge in [-0.1, -0.05) is 12.1 Å². The summed E-state index contributed by atoms with van der Waals surface area (Å²) in [6.07, 6.45) is 2.40. The van der Waals surface area contributed by atoms with Gasteiger partial charge in [0.05, 0.1) is 13.5 Å². The van der Waals surface area contributed by atoms with Crippen LogP contribution in [0.4, 0.5) is 0 Å². The van der Waals surface area contributed by atoms with Crippen molar-refractivity contribution < 1.29 is 9.53 Å². The van der Waals surface area contributed by atoms with Gasteiger partial charge >= 0.3 is 5.97 Å². The number of esters is 1. The highest BCUT2D eigenvalue weighted by Gasteiger charge is 2.04. The summed E-state index contributed by atoms with van der Waals surface area (Å²) in [5, 5.41) is 0. The number of thioether (sulfide) groups is 1. The van der Waals surface area contributed by atoms with Gasteiger partial charge in [-0.25, -0.2) is 0 Å². The molecule has 2 nitrogen and oxygen atoms in total. The van der Waals surface area contributed by atoms with Crippen LogP contribution in [-0.2, 0) is 16.0 Å². The average Bonchev–Trinajstić information content (AvgIpc) is 2.18. The van der Waals surface area contributed by atoms with E-state index in [2.05, 4.69) is 4.74 Å². The third-order valence-electron chi connectivity index (χ3n) is 2.04. The first-order valence-electron chi connectivity index (χ1n) is 4.37. The minimum absolute atomic E-state index is 0.193. The van der Waals surface area contributed by atoms with E-state index in [1.807, 2.05) is 31.4 Å². The lowest BCUT2D eigenvalue weighted by Crippen LogP contribution is -2.04. The van der Waals surface area contributed by atoms with Gasteiger partial charge in [-0.2, -0.15) is 0 Å². The van der Waals surface area contributed by atoms with Crippen LogP contribution in [0.15, 0.2) is 23.1 Å². The molecule has 0 fully saturated rings. The van der Waals surface area contributed by atoms with Crippen molar-refractivity contribution in [3.63, 3.8) is 0 Å². The summed E-state index contributed by atoms with van der Waals surface area (Å²) in [7, 11) is 1.41. The zero-order valence-electron chi connectivity index (χ0n) is 8.66. The van der Waals surface area contributed by atoms with Gasteiger partial charge < -0.3 is 4.74 Å². The Morgan fingerprint density at radius 3 is 2.71 bits per heavy atom. The number of aryl methyl sites for hydroxylation is 1. The van der Waals surface area contributed by atoms with E-state index in [1.54, 1.807) is 11.8 Å². The van der Waals surface area contributed by atoms with Crippen LogP contribution in [0.1, 0.15) is 11.1 Å². The van der Waals surface area contributed by atoms with Crippen LogP contribution in [0.2, 0.25) is 0 Å². The molecule has 0 amide bonds. The van der Waals surface area contributed by atoms with Crippen LogP contribution >= 0.6 is 11.8 Å². The standard InChI is InChI=1S/C11H14O2S/c1-8-6-9(7-11(12)13-2)4-5-10(8)14-3/h4-6H,7H2,1-3H3. The highest BCUT2D eigenvalue weighted by molar-refractivity contribution is 7.98. The van der Waals surface area contributed by atoms with Gasteiger partial charge in [0, 0.05) is 4.90 Å².